The molecule has 0 aromatic carbocycles. The van der Waals surface area contributed by atoms with Crippen LogP contribution in [0, 0.1) is 13.8 Å². The summed E-state index contributed by atoms with van der Waals surface area (Å²) in [7, 11) is 0. The van der Waals surface area contributed by atoms with Crippen molar-refractivity contribution in [3.8, 4) is 0 Å². The molecule has 0 amide bonds. The molecular weight excluding hydrogens is 252 g/mol. The molecule has 3 heteroatoms. The lowest BCUT2D eigenvalue weighted by atomic mass is 10.0. The van der Waals surface area contributed by atoms with E-state index in [1.165, 1.54) is 54.1 Å². The fourth-order valence-corrected chi connectivity index (χ4v) is 3.58. The highest BCUT2D eigenvalue weighted by atomic mass is 32.1. The Morgan fingerprint density at radius 1 is 1.16 bits per heavy atom. The zero-order valence-corrected chi connectivity index (χ0v) is 13.9. The van der Waals surface area contributed by atoms with Crippen molar-refractivity contribution in [2.24, 2.45) is 5.73 Å². The van der Waals surface area contributed by atoms with Crippen LogP contribution in [-0.4, -0.2) is 24.5 Å². The van der Waals surface area contributed by atoms with E-state index in [-0.39, 0.29) is 0 Å². The third kappa shape index (κ3) is 4.90. The van der Waals surface area contributed by atoms with E-state index in [1.807, 2.05) is 11.3 Å². The predicted molar refractivity (Wildman–Crippen MR) is 87.0 cm³/mol. The molecule has 0 saturated carbocycles. The van der Waals surface area contributed by atoms with Gasteiger partial charge in [-0.05, 0) is 51.4 Å². The normalized spacial score (nSPS) is 13.2. The molecule has 1 unspecified atom stereocenters. The second kappa shape index (κ2) is 8.72. The second-order valence-corrected chi connectivity index (χ2v) is 6.82. The van der Waals surface area contributed by atoms with Crippen LogP contribution in [-0.2, 0) is 0 Å². The number of thiophene rings is 1. The monoisotopic (exact) mass is 282 g/mol. The van der Waals surface area contributed by atoms with E-state index < -0.39 is 0 Å². The van der Waals surface area contributed by atoms with Crippen LogP contribution >= 0.6 is 11.3 Å². The summed E-state index contributed by atoms with van der Waals surface area (Å²) in [6, 6.07) is 2.74. The third-order valence-corrected chi connectivity index (χ3v) is 4.68. The Balaban J connectivity index is 2.84. The van der Waals surface area contributed by atoms with Crippen LogP contribution in [0.3, 0.4) is 0 Å². The van der Waals surface area contributed by atoms with Crippen LogP contribution < -0.4 is 5.73 Å². The lowest BCUT2D eigenvalue weighted by Crippen LogP contribution is -2.35. The number of unbranched alkanes of at least 4 members (excludes halogenated alkanes) is 2. The minimum absolute atomic E-state index is 0.406. The summed E-state index contributed by atoms with van der Waals surface area (Å²) >= 11 is 1.90. The van der Waals surface area contributed by atoms with Crippen molar-refractivity contribution in [3.05, 3.63) is 21.4 Å². The molecule has 0 aliphatic rings. The van der Waals surface area contributed by atoms with Gasteiger partial charge in [0.15, 0.2) is 0 Å². The molecule has 2 N–H and O–H groups in total. The van der Waals surface area contributed by atoms with E-state index >= 15 is 0 Å². The molecule has 1 aromatic heterocycles. The average Bonchev–Trinajstić information content (AvgIpc) is 2.72. The van der Waals surface area contributed by atoms with Gasteiger partial charge in [-0.3, -0.25) is 4.90 Å². The number of aryl methyl sites for hydroxylation is 2. The first kappa shape index (κ1) is 16.7. The molecule has 2 nitrogen and oxygen atoms in total. The van der Waals surface area contributed by atoms with E-state index in [0.29, 0.717) is 6.04 Å². The number of hydrogen-bond donors (Lipinski definition) is 1. The molecule has 1 rings (SSSR count). The molecule has 0 bridgehead atoms. The van der Waals surface area contributed by atoms with Gasteiger partial charge in [0, 0.05) is 22.3 Å². The summed E-state index contributed by atoms with van der Waals surface area (Å²) in [6.07, 6.45) is 5.04. The molecule has 0 radical (unpaired) electrons. The highest BCUT2D eigenvalue weighted by Crippen LogP contribution is 2.30. The Hall–Kier alpha value is -0.380. The van der Waals surface area contributed by atoms with Crippen LogP contribution in [0.4, 0.5) is 0 Å². The first-order valence-corrected chi connectivity index (χ1v) is 8.46. The van der Waals surface area contributed by atoms with Crippen LogP contribution in [0.5, 0.6) is 0 Å². The lowest BCUT2D eigenvalue weighted by Gasteiger charge is -2.31. The number of rotatable bonds is 9. The summed E-state index contributed by atoms with van der Waals surface area (Å²) < 4.78 is 0. The van der Waals surface area contributed by atoms with Crippen LogP contribution in [0.2, 0.25) is 0 Å². The largest absolute Gasteiger partial charge is 0.329 e. The first-order valence-electron chi connectivity index (χ1n) is 7.65. The minimum atomic E-state index is 0.406. The third-order valence-electron chi connectivity index (χ3n) is 3.70. The van der Waals surface area contributed by atoms with Crippen molar-refractivity contribution >= 4 is 11.3 Å². The minimum Gasteiger partial charge on any atom is -0.329 e. The van der Waals surface area contributed by atoms with E-state index in [2.05, 4.69) is 38.7 Å². The number of nitrogens with zero attached hydrogens (tertiary/aromatic N) is 1. The number of hydrogen-bond acceptors (Lipinski definition) is 3. The van der Waals surface area contributed by atoms with Gasteiger partial charge in [0.05, 0.1) is 0 Å². The Kier molecular flexibility index (Phi) is 7.66. The van der Waals surface area contributed by atoms with Gasteiger partial charge < -0.3 is 5.73 Å². The fraction of sp³-hybridized carbons (Fsp3) is 0.750. The van der Waals surface area contributed by atoms with E-state index in [1.54, 1.807) is 0 Å². The van der Waals surface area contributed by atoms with Crippen molar-refractivity contribution in [3.63, 3.8) is 0 Å². The SMILES string of the molecule is CCCCN(CCCC)C(CN)c1cc(C)sc1C. The van der Waals surface area contributed by atoms with Crippen molar-refractivity contribution < 1.29 is 0 Å². The molecule has 0 fully saturated rings. The molecule has 1 heterocycles. The maximum absolute atomic E-state index is 6.09. The van der Waals surface area contributed by atoms with Gasteiger partial charge in [-0.1, -0.05) is 26.7 Å². The molecule has 1 atom stereocenters. The molecule has 0 aliphatic carbocycles. The lowest BCUT2D eigenvalue weighted by molar-refractivity contribution is 0.195. The Morgan fingerprint density at radius 3 is 2.11 bits per heavy atom. The first-order chi connectivity index (χ1) is 9.13. The van der Waals surface area contributed by atoms with Gasteiger partial charge in [0.1, 0.15) is 0 Å². The highest BCUT2D eigenvalue weighted by Gasteiger charge is 2.21. The molecule has 19 heavy (non-hydrogen) atoms. The van der Waals surface area contributed by atoms with Gasteiger partial charge in [0.2, 0.25) is 0 Å². The highest BCUT2D eigenvalue weighted by molar-refractivity contribution is 7.12. The van der Waals surface area contributed by atoms with Crippen molar-refractivity contribution in [1.82, 2.24) is 4.90 Å². The van der Waals surface area contributed by atoms with E-state index in [0.717, 1.165) is 6.54 Å². The average molecular weight is 282 g/mol. The van der Waals surface area contributed by atoms with Crippen molar-refractivity contribution in [2.75, 3.05) is 19.6 Å². The summed E-state index contributed by atoms with van der Waals surface area (Å²) in [5.74, 6) is 0. The van der Waals surface area contributed by atoms with Crippen molar-refractivity contribution in [2.45, 2.75) is 59.4 Å². The molecule has 1 aromatic rings. The zero-order valence-electron chi connectivity index (χ0n) is 13.0. The molecule has 110 valence electrons. The van der Waals surface area contributed by atoms with Crippen LogP contribution in [0.15, 0.2) is 6.07 Å². The summed E-state index contributed by atoms with van der Waals surface area (Å²) in [4.78, 5) is 5.43. The van der Waals surface area contributed by atoms with Gasteiger partial charge >= 0.3 is 0 Å². The Bertz CT molecular complexity index is 352. The smallest absolute Gasteiger partial charge is 0.0481 e. The van der Waals surface area contributed by atoms with Gasteiger partial charge in [-0.2, -0.15) is 0 Å². The predicted octanol–water partition coefficient (Wildman–Crippen LogP) is 4.27. The van der Waals surface area contributed by atoms with Crippen LogP contribution in [0.25, 0.3) is 0 Å². The molecule has 0 spiro atoms. The zero-order chi connectivity index (χ0) is 14.3. The van der Waals surface area contributed by atoms with Crippen LogP contribution in [0.1, 0.15) is 60.9 Å². The quantitative estimate of drug-likeness (QED) is 0.733. The maximum atomic E-state index is 6.09. The number of nitrogens with two attached hydrogens (primary N) is 1. The molecule has 0 aliphatic heterocycles. The fourth-order valence-electron chi connectivity index (χ4n) is 2.60. The molecular formula is C16H30N2S. The maximum Gasteiger partial charge on any atom is 0.0481 e. The standard InChI is InChI=1S/C16H30N2S/c1-5-7-9-18(10-8-6-2)16(12-17)15-11-13(3)19-14(15)4/h11,16H,5-10,12,17H2,1-4H3. The summed E-state index contributed by atoms with van der Waals surface area (Å²) in [6.45, 7) is 12.0. The Morgan fingerprint density at radius 2 is 1.74 bits per heavy atom. The Labute approximate surface area is 123 Å². The van der Waals surface area contributed by atoms with Gasteiger partial charge in [-0.25, -0.2) is 0 Å². The topological polar surface area (TPSA) is 29.3 Å². The molecule has 0 saturated heterocycles. The second-order valence-electron chi connectivity index (χ2n) is 5.36. The summed E-state index contributed by atoms with van der Waals surface area (Å²) in [5.41, 5.74) is 7.55. The van der Waals surface area contributed by atoms with Gasteiger partial charge in [-0.15, -0.1) is 11.3 Å². The van der Waals surface area contributed by atoms with E-state index in [9.17, 15) is 0 Å². The van der Waals surface area contributed by atoms with Crippen molar-refractivity contribution in [1.29, 1.82) is 0 Å². The summed E-state index contributed by atoms with van der Waals surface area (Å²) in [5, 5.41) is 0. The van der Waals surface area contributed by atoms with Gasteiger partial charge in [0.25, 0.3) is 0 Å². The van der Waals surface area contributed by atoms with E-state index in [4.69, 9.17) is 5.73 Å².